The van der Waals surface area contributed by atoms with Gasteiger partial charge in [-0.25, -0.2) is 0 Å². The summed E-state index contributed by atoms with van der Waals surface area (Å²) < 4.78 is 11.7. The van der Waals surface area contributed by atoms with E-state index in [0.29, 0.717) is 12.3 Å². The Hall–Kier alpha value is -2.57. The summed E-state index contributed by atoms with van der Waals surface area (Å²) in [4.78, 5) is 22.7. The lowest BCUT2D eigenvalue weighted by Crippen LogP contribution is -2.29. The first-order valence-electron chi connectivity index (χ1n) is 6.44. The maximum Gasteiger partial charge on any atom is 0.325 e. The number of nitrogens with one attached hydrogen (secondary N) is 1. The first kappa shape index (κ1) is 14.8. The Balaban J connectivity index is 1.99. The van der Waals surface area contributed by atoms with Crippen LogP contribution >= 0.6 is 0 Å². The number of aryl methyl sites for hydroxylation is 2. The normalized spacial score (nSPS) is 10.4. The molecule has 2 heterocycles. The molecule has 0 aliphatic heterocycles. The van der Waals surface area contributed by atoms with Crippen LogP contribution < -0.4 is 5.32 Å². The van der Waals surface area contributed by atoms with E-state index in [0.717, 1.165) is 11.4 Å². The van der Waals surface area contributed by atoms with E-state index < -0.39 is 11.9 Å². The zero-order valence-corrected chi connectivity index (χ0v) is 12.2. The summed E-state index contributed by atoms with van der Waals surface area (Å²) in [5, 5.41) is 6.74. The number of rotatable bonds is 5. The maximum absolute atomic E-state index is 11.8. The van der Waals surface area contributed by atoms with E-state index in [2.05, 4.69) is 15.2 Å². The van der Waals surface area contributed by atoms with Gasteiger partial charge < -0.3 is 14.5 Å². The Bertz CT molecular complexity index is 657. The van der Waals surface area contributed by atoms with Gasteiger partial charge in [0.25, 0.3) is 5.91 Å². The van der Waals surface area contributed by atoms with Crippen LogP contribution in [-0.2, 0) is 16.1 Å². The van der Waals surface area contributed by atoms with Crippen molar-refractivity contribution in [2.45, 2.75) is 20.4 Å². The van der Waals surface area contributed by atoms with Gasteiger partial charge in [-0.1, -0.05) is 0 Å². The molecule has 0 aliphatic rings. The van der Waals surface area contributed by atoms with Gasteiger partial charge >= 0.3 is 5.97 Å². The fourth-order valence-corrected chi connectivity index (χ4v) is 1.88. The van der Waals surface area contributed by atoms with Crippen LogP contribution in [0.4, 0.5) is 0 Å². The molecule has 0 bridgehead atoms. The van der Waals surface area contributed by atoms with Crippen LogP contribution in [-0.4, -0.2) is 35.3 Å². The second-order valence-electron chi connectivity index (χ2n) is 4.61. The number of hydrogen-bond donors (Lipinski definition) is 1. The quantitative estimate of drug-likeness (QED) is 0.832. The number of carbonyl (C=O) groups is 2. The van der Waals surface area contributed by atoms with Crippen LogP contribution in [0.5, 0.6) is 0 Å². The smallest absolute Gasteiger partial charge is 0.325 e. The van der Waals surface area contributed by atoms with Crippen molar-refractivity contribution in [1.29, 1.82) is 0 Å². The van der Waals surface area contributed by atoms with Crippen LogP contribution in [0, 0.1) is 13.8 Å². The molecule has 0 aromatic carbocycles. The third kappa shape index (κ3) is 3.71. The fourth-order valence-electron chi connectivity index (χ4n) is 1.88. The molecule has 0 spiro atoms. The van der Waals surface area contributed by atoms with E-state index in [4.69, 9.17) is 4.42 Å². The van der Waals surface area contributed by atoms with Gasteiger partial charge in [-0.3, -0.25) is 14.3 Å². The van der Waals surface area contributed by atoms with Gasteiger partial charge in [0, 0.05) is 5.69 Å². The van der Waals surface area contributed by atoms with E-state index in [1.165, 1.54) is 7.11 Å². The summed E-state index contributed by atoms with van der Waals surface area (Å²) in [6, 6.07) is 5.24. The number of furan rings is 1. The van der Waals surface area contributed by atoms with Crippen LogP contribution in [0.1, 0.15) is 27.7 Å². The Morgan fingerprint density at radius 2 is 2.14 bits per heavy atom. The predicted octanol–water partition coefficient (Wildman–Crippen LogP) is 1.04. The topological polar surface area (TPSA) is 86.4 Å². The number of esters is 1. The number of ether oxygens (including phenoxy) is 1. The predicted molar refractivity (Wildman–Crippen MR) is 73.9 cm³/mol. The molecule has 0 fully saturated rings. The third-order valence-electron chi connectivity index (χ3n) is 2.92. The highest BCUT2D eigenvalue weighted by Crippen LogP contribution is 2.11. The summed E-state index contributed by atoms with van der Waals surface area (Å²) in [5.41, 5.74) is 1.94. The first-order valence-corrected chi connectivity index (χ1v) is 6.44. The van der Waals surface area contributed by atoms with E-state index in [1.807, 2.05) is 19.9 Å². The Morgan fingerprint density at radius 1 is 1.38 bits per heavy atom. The molecule has 0 radical (unpaired) electrons. The zero-order chi connectivity index (χ0) is 15.4. The summed E-state index contributed by atoms with van der Waals surface area (Å²) in [5.74, 6) is -0.211. The SMILES string of the molecule is COC(=O)CNC(=O)c1ccc(Cn2nc(C)cc2C)o1. The molecular weight excluding hydrogens is 274 g/mol. The van der Waals surface area contributed by atoms with Gasteiger partial charge in [0.05, 0.1) is 19.3 Å². The molecule has 2 aromatic rings. The van der Waals surface area contributed by atoms with Gasteiger partial charge in [0.1, 0.15) is 12.3 Å². The highest BCUT2D eigenvalue weighted by Gasteiger charge is 2.13. The summed E-state index contributed by atoms with van der Waals surface area (Å²) in [6.45, 7) is 4.12. The lowest BCUT2D eigenvalue weighted by Gasteiger charge is -2.02. The minimum absolute atomic E-state index is 0.149. The van der Waals surface area contributed by atoms with Gasteiger partial charge in [-0.15, -0.1) is 0 Å². The van der Waals surface area contributed by atoms with Crippen molar-refractivity contribution in [1.82, 2.24) is 15.1 Å². The molecule has 0 aliphatic carbocycles. The molecule has 2 aromatic heterocycles. The minimum atomic E-state index is -0.516. The number of nitrogens with zero attached hydrogens (tertiary/aromatic N) is 2. The summed E-state index contributed by atoms with van der Waals surface area (Å²) >= 11 is 0. The lowest BCUT2D eigenvalue weighted by atomic mass is 10.4. The van der Waals surface area contributed by atoms with E-state index in [9.17, 15) is 9.59 Å². The molecule has 7 heteroatoms. The first-order chi connectivity index (χ1) is 9.99. The number of hydrogen-bond acceptors (Lipinski definition) is 5. The van der Waals surface area contributed by atoms with E-state index >= 15 is 0 Å². The van der Waals surface area contributed by atoms with Crippen LogP contribution in [0.2, 0.25) is 0 Å². The lowest BCUT2D eigenvalue weighted by molar-refractivity contribution is -0.139. The molecule has 0 unspecified atom stereocenters. The fraction of sp³-hybridized carbons (Fsp3) is 0.357. The highest BCUT2D eigenvalue weighted by molar-refractivity contribution is 5.93. The van der Waals surface area contributed by atoms with Crippen LogP contribution in [0.15, 0.2) is 22.6 Å². The van der Waals surface area contributed by atoms with Gasteiger partial charge in [0.15, 0.2) is 5.76 Å². The average molecular weight is 291 g/mol. The molecule has 1 amide bonds. The largest absolute Gasteiger partial charge is 0.468 e. The summed E-state index contributed by atoms with van der Waals surface area (Å²) in [7, 11) is 1.26. The second kappa shape index (κ2) is 6.25. The molecule has 0 saturated carbocycles. The Morgan fingerprint density at radius 3 is 2.76 bits per heavy atom. The second-order valence-corrected chi connectivity index (χ2v) is 4.61. The molecular formula is C14H17N3O4. The molecule has 112 valence electrons. The molecule has 21 heavy (non-hydrogen) atoms. The Kier molecular flexibility index (Phi) is 4.42. The molecule has 2 rings (SSSR count). The maximum atomic E-state index is 11.8. The third-order valence-corrected chi connectivity index (χ3v) is 2.92. The molecule has 0 saturated heterocycles. The number of amides is 1. The average Bonchev–Trinajstić information content (AvgIpc) is 3.03. The highest BCUT2D eigenvalue weighted by atomic mass is 16.5. The monoisotopic (exact) mass is 291 g/mol. The molecule has 1 N–H and O–H groups in total. The van der Waals surface area contributed by atoms with Gasteiger partial charge in [-0.05, 0) is 32.0 Å². The van der Waals surface area contributed by atoms with E-state index in [1.54, 1.807) is 16.8 Å². The number of methoxy groups -OCH3 is 1. The van der Waals surface area contributed by atoms with Crippen molar-refractivity contribution >= 4 is 11.9 Å². The van der Waals surface area contributed by atoms with Crippen molar-refractivity contribution in [3.8, 4) is 0 Å². The van der Waals surface area contributed by atoms with Gasteiger partial charge in [0.2, 0.25) is 0 Å². The van der Waals surface area contributed by atoms with E-state index in [-0.39, 0.29) is 12.3 Å². The van der Waals surface area contributed by atoms with Crippen molar-refractivity contribution in [2.24, 2.45) is 0 Å². The number of carbonyl (C=O) groups excluding carboxylic acids is 2. The number of aromatic nitrogens is 2. The van der Waals surface area contributed by atoms with Crippen molar-refractivity contribution < 1.29 is 18.7 Å². The minimum Gasteiger partial charge on any atom is -0.468 e. The summed E-state index contributed by atoms with van der Waals surface area (Å²) in [6.07, 6.45) is 0. The molecule has 0 atom stereocenters. The van der Waals surface area contributed by atoms with Crippen molar-refractivity contribution in [3.63, 3.8) is 0 Å². The zero-order valence-electron chi connectivity index (χ0n) is 12.2. The van der Waals surface area contributed by atoms with Crippen LogP contribution in [0.3, 0.4) is 0 Å². The van der Waals surface area contributed by atoms with Gasteiger partial charge in [-0.2, -0.15) is 5.10 Å². The van der Waals surface area contributed by atoms with Crippen molar-refractivity contribution in [3.05, 3.63) is 41.1 Å². The van der Waals surface area contributed by atoms with Crippen molar-refractivity contribution in [2.75, 3.05) is 13.7 Å². The van der Waals surface area contributed by atoms with Crippen LogP contribution in [0.25, 0.3) is 0 Å². The standard InChI is InChI=1S/C14H17N3O4/c1-9-6-10(2)17(16-9)8-11-4-5-12(21-11)14(19)15-7-13(18)20-3/h4-6H,7-8H2,1-3H3,(H,15,19). The Labute approximate surface area is 121 Å². The molecule has 7 nitrogen and oxygen atoms in total.